The van der Waals surface area contributed by atoms with Crippen molar-refractivity contribution in [3.05, 3.63) is 65.8 Å². The molecule has 1 saturated heterocycles. The number of carbonyl (C=O) groups excluding carboxylic acids is 1. The lowest BCUT2D eigenvalue weighted by molar-refractivity contribution is 0.116. The highest BCUT2D eigenvalue weighted by molar-refractivity contribution is 7.91. The molecule has 4 rings (SSSR count). The molecule has 1 aromatic heterocycles. The highest BCUT2D eigenvalue weighted by Crippen LogP contribution is 2.26. The molecule has 0 bridgehead atoms. The van der Waals surface area contributed by atoms with Crippen LogP contribution in [0.4, 0.5) is 23.7 Å². The number of rotatable bonds is 5. The van der Waals surface area contributed by atoms with E-state index in [0.717, 1.165) is 6.07 Å². The molecule has 0 spiro atoms. The summed E-state index contributed by atoms with van der Waals surface area (Å²) >= 11 is 0. The highest BCUT2D eigenvalue weighted by atomic mass is 32.2. The predicted molar refractivity (Wildman–Crippen MR) is 113 cm³/mol. The number of para-hydroxylation sites is 1. The molecule has 1 aliphatic heterocycles. The first-order valence-electron chi connectivity index (χ1n) is 9.96. The number of hydrogen-bond acceptors (Lipinski definition) is 6. The van der Waals surface area contributed by atoms with Gasteiger partial charge in [0, 0.05) is 29.9 Å². The quantitative estimate of drug-likeness (QED) is 0.553. The standard InChI is InChI=1S/C21H19F3N4O4S/c22-17-12-14(19-25-26-20(32-19)18(23)24)6-7-15(17)13-28(16-4-2-1-3-5-16)21(29)27-8-10-33(30,31)11-9-27/h1-7,12,18H,8-11,13H2. The average Bonchev–Trinajstić information content (AvgIpc) is 3.29. The van der Waals surface area contributed by atoms with Crippen LogP contribution in [0.2, 0.25) is 0 Å². The summed E-state index contributed by atoms with van der Waals surface area (Å²) in [7, 11) is -3.18. The minimum Gasteiger partial charge on any atom is -0.415 e. The van der Waals surface area contributed by atoms with Gasteiger partial charge in [-0.15, -0.1) is 10.2 Å². The summed E-state index contributed by atoms with van der Waals surface area (Å²) in [6.45, 7) is -0.0323. The monoisotopic (exact) mass is 480 g/mol. The van der Waals surface area contributed by atoms with Crippen LogP contribution in [0.15, 0.2) is 52.9 Å². The van der Waals surface area contributed by atoms with Crippen LogP contribution < -0.4 is 4.90 Å². The van der Waals surface area contributed by atoms with Crippen LogP contribution in [0.3, 0.4) is 0 Å². The van der Waals surface area contributed by atoms with Crippen molar-refractivity contribution in [2.75, 3.05) is 29.5 Å². The van der Waals surface area contributed by atoms with Gasteiger partial charge >= 0.3 is 12.5 Å². The van der Waals surface area contributed by atoms with E-state index in [0.29, 0.717) is 5.69 Å². The summed E-state index contributed by atoms with van der Waals surface area (Å²) < 4.78 is 68.6. The number of sulfone groups is 1. The number of urea groups is 1. The number of nitrogens with zero attached hydrogens (tertiary/aromatic N) is 4. The Labute approximate surface area is 187 Å². The fourth-order valence-electron chi connectivity index (χ4n) is 3.37. The second-order valence-corrected chi connectivity index (χ2v) is 9.70. The largest absolute Gasteiger partial charge is 0.415 e. The summed E-state index contributed by atoms with van der Waals surface area (Å²) in [5.41, 5.74) is 0.793. The van der Waals surface area contributed by atoms with Gasteiger partial charge in [-0.1, -0.05) is 24.3 Å². The Bertz CT molecular complexity index is 1240. The zero-order chi connectivity index (χ0) is 23.6. The summed E-state index contributed by atoms with van der Waals surface area (Å²) in [5, 5.41) is 6.73. The molecule has 1 aliphatic rings. The van der Waals surface area contributed by atoms with Gasteiger partial charge in [0.1, 0.15) is 5.82 Å². The second-order valence-electron chi connectivity index (χ2n) is 7.40. The molecule has 0 radical (unpaired) electrons. The molecular weight excluding hydrogens is 461 g/mol. The highest BCUT2D eigenvalue weighted by Gasteiger charge is 2.29. The van der Waals surface area contributed by atoms with Gasteiger partial charge in [-0.05, 0) is 24.3 Å². The Morgan fingerprint density at radius 1 is 1.09 bits per heavy atom. The van der Waals surface area contributed by atoms with Crippen molar-refractivity contribution < 1.29 is 30.8 Å². The SMILES string of the molecule is O=C(N1CCS(=O)(=O)CC1)N(Cc1ccc(-c2nnc(C(F)F)o2)cc1F)c1ccccc1. The minimum absolute atomic E-state index is 0.0511. The molecule has 0 aliphatic carbocycles. The second kappa shape index (κ2) is 9.22. The molecule has 2 heterocycles. The topological polar surface area (TPSA) is 96.6 Å². The summed E-state index contributed by atoms with van der Waals surface area (Å²) in [5.74, 6) is -2.07. The smallest absolute Gasteiger partial charge is 0.324 e. The molecule has 8 nitrogen and oxygen atoms in total. The van der Waals surface area contributed by atoms with Gasteiger partial charge in [0.05, 0.1) is 18.1 Å². The lowest BCUT2D eigenvalue weighted by Crippen LogP contribution is -2.49. The molecule has 0 atom stereocenters. The molecule has 0 saturated carbocycles. The van der Waals surface area contributed by atoms with E-state index in [4.69, 9.17) is 4.42 Å². The maximum Gasteiger partial charge on any atom is 0.324 e. The summed E-state index contributed by atoms with van der Waals surface area (Å²) in [6, 6.07) is 12.1. The van der Waals surface area contributed by atoms with E-state index < -0.39 is 34.0 Å². The van der Waals surface area contributed by atoms with Gasteiger partial charge in [0.25, 0.3) is 5.89 Å². The minimum atomic E-state index is -3.18. The van der Waals surface area contributed by atoms with E-state index in [1.807, 2.05) is 0 Å². The number of aromatic nitrogens is 2. The molecule has 3 aromatic rings. The van der Waals surface area contributed by atoms with Crippen LogP contribution in [0.1, 0.15) is 17.9 Å². The first-order chi connectivity index (χ1) is 15.7. The number of carbonyl (C=O) groups is 1. The zero-order valence-corrected chi connectivity index (χ0v) is 18.0. The lowest BCUT2D eigenvalue weighted by atomic mass is 10.1. The molecular formula is C21H19F3N4O4S. The van der Waals surface area contributed by atoms with Gasteiger partial charge < -0.3 is 9.32 Å². The van der Waals surface area contributed by atoms with Crippen molar-refractivity contribution >= 4 is 21.6 Å². The maximum absolute atomic E-state index is 14.9. The predicted octanol–water partition coefficient (Wildman–Crippen LogP) is 3.67. The van der Waals surface area contributed by atoms with E-state index >= 15 is 0 Å². The van der Waals surface area contributed by atoms with Crippen molar-refractivity contribution in [2.24, 2.45) is 0 Å². The van der Waals surface area contributed by atoms with Crippen LogP contribution in [0.5, 0.6) is 0 Å². The maximum atomic E-state index is 14.9. The number of anilines is 1. The normalized spacial score (nSPS) is 15.6. The third-order valence-electron chi connectivity index (χ3n) is 5.17. The van der Waals surface area contributed by atoms with Crippen molar-refractivity contribution in [3.63, 3.8) is 0 Å². The number of benzene rings is 2. The molecule has 0 unspecified atom stereocenters. The number of halogens is 3. The van der Waals surface area contributed by atoms with Gasteiger partial charge in [0.15, 0.2) is 9.84 Å². The van der Waals surface area contributed by atoms with Crippen LogP contribution in [0.25, 0.3) is 11.5 Å². The van der Waals surface area contributed by atoms with Crippen LogP contribution >= 0.6 is 0 Å². The van der Waals surface area contributed by atoms with Gasteiger partial charge in [0.2, 0.25) is 5.89 Å². The molecule has 33 heavy (non-hydrogen) atoms. The molecule has 12 heteroatoms. The number of alkyl halides is 2. The number of amides is 2. The van der Waals surface area contributed by atoms with E-state index in [-0.39, 0.29) is 48.2 Å². The van der Waals surface area contributed by atoms with Crippen molar-refractivity contribution in [1.82, 2.24) is 15.1 Å². The average molecular weight is 480 g/mol. The van der Waals surface area contributed by atoms with Crippen molar-refractivity contribution in [1.29, 1.82) is 0 Å². The third-order valence-corrected chi connectivity index (χ3v) is 6.78. The van der Waals surface area contributed by atoms with Crippen LogP contribution in [0, 0.1) is 5.82 Å². The van der Waals surface area contributed by atoms with Crippen molar-refractivity contribution in [3.8, 4) is 11.5 Å². The molecule has 2 amide bonds. The fraction of sp³-hybridized carbons (Fsp3) is 0.286. The van der Waals surface area contributed by atoms with Gasteiger partial charge in [-0.2, -0.15) is 8.78 Å². The zero-order valence-electron chi connectivity index (χ0n) is 17.2. The van der Waals surface area contributed by atoms with E-state index in [1.165, 1.54) is 21.9 Å². The molecule has 0 N–H and O–H groups in total. The Hall–Kier alpha value is -3.41. The Morgan fingerprint density at radius 2 is 1.79 bits per heavy atom. The third kappa shape index (κ3) is 5.16. The van der Waals surface area contributed by atoms with Gasteiger partial charge in [-0.3, -0.25) is 4.90 Å². The first-order valence-corrected chi connectivity index (χ1v) is 11.8. The Kier molecular flexibility index (Phi) is 6.36. The van der Waals surface area contributed by atoms with E-state index in [9.17, 15) is 26.4 Å². The summed E-state index contributed by atoms with van der Waals surface area (Å²) in [4.78, 5) is 16.0. The lowest BCUT2D eigenvalue weighted by Gasteiger charge is -2.33. The van der Waals surface area contributed by atoms with E-state index in [1.54, 1.807) is 30.3 Å². The van der Waals surface area contributed by atoms with Crippen LogP contribution in [-0.2, 0) is 16.4 Å². The van der Waals surface area contributed by atoms with Crippen LogP contribution in [-0.4, -0.2) is 54.1 Å². The Morgan fingerprint density at radius 3 is 2.39 bits per heavy atom. The molecule has 2 aromatic carbocycles. The van der Waals surface area contributed by atoms with E-state index in [2.05, 4.69) is 10.2 Å². The Balaban J connectivity index is 1.59. The number of hydrogen-bond donors (Lipinski definition) is 0. The van der Waals surface area contributed by atoms with Gasteiger partial charge in [-0.25, -0.2) is 17.6 Å². The first kappa shape index (κ1) is 22.8. The van der Waals surface area contributed by atoms with Crippen molar-refractivity contribution in [2.45, 2.75) is 13.0 Å². The summed E-state index contributed by atoms with van der Waals surface area (Å²) in [6.07, 6.45) is -2.94. The molecule has 174 valence electrons. The fourth-order valence-corrected chi connectivity index (χ4v) is 4.57. The molecule has 1 fully saturated rings.